The Labute approximate surface area is 213 Å². The largest absolute Gasteiger partial charge is 0.338 e. The Morgan fingerprint density at radius 3 is 2.34 bits per heavy atom. The van der Waals surface area contributed by atoms with Crippen LogP contribution in [0, 0.1) is 6.92 Å². The summed E-state index contributed by atoms with van der Waals surface area (Å²) in [5.41, 5.74) is 4.32. The van der Waals surface area contributed by atoms with Gasteiger partial charge in [-0.15, -0.1) is 0 Å². The molecule has 0 aromatic heterocycles. The fraction of sp³-hybridized carbons (Fsp3) is 0.148. The monoisotopic (exact) mass is 504 g/mol. The second-order valence-electron chi connectivity index (χ2n) is 7.98. The van der Waals surface area contributed by atoms with Crippen LogP contribution in [0.3, 0.4) is 0 Å². The zero-order valence-electron chi connectivity index (χ0n) is 19.3. The van der Waals surface area contributed by atoms with Crippen LogP contribution in [-0.4, -0.2) is 22.7 Å². The number of anilines is 2. The van der Waals surface area contributed by atoms with Gasteiger partial charge in [-0.05, 0) is 49.2 Å². The van der Waals surface area contributed by atoms with E-state index in [0.29, 0.717) is 32.8 Å². The number of carbonyl (C=O) groups is 2. The molecule has 6 nitrogen and oxygen atoms in total. The lowest BCUT2D eigenvalue weighted by atomic mass is 9.96. The molecule has 178 valence electrons. The van der Waals surface area contributed by atoms with Gasteiger partial charge in [0.05, 0.1) is 11.3 Å². The van der Waals surface area contributed by atoms with E-state index in [2.05, 4.69) is 16.0 Å². The standard InChI is InChI=1S/C27H25ClN4O2S/c1-17-21(28)14-9-15-22(17)31-23(33)16-35-27-29-18(2)24(25(32-27)19-10-5-3-6-11-19)26(34)30-20-12-7-4-8-13-20/h3-15,25H,16H2,1-2H3,(H,29,32)(H,30,34)(H,31,33)/t25-/m1/s1. The fourth-order valence-electron chi connectivity index (χ4n) is 3.67. The SMILES string of the molecule is CC1=C(C(=O)Nc2ccccc2)[C@@H](c2ccccc2)N=C(SCC(=O)Nc2cccc(Cl)c2C)N1. The Bertz CT molecular complexity index is 1290. The molecule has 3 N–H and O–H groups in total. The van der Waals surface area contributed by atoms with Crippen molar-refractivity contribution in [2.75, 3.05) is 16.4 Å². The minimum absolute atomic E-state index is 0.151. The van der Waals surface area contributed by atoms with Crippen LogP contribution < -0.4 is 16.0 Å². The average Bonchev–Trinajstić information content (AvgIpc) is 2.86. The number of hydrogen-bond acceptors (Lipinski definition) is 5. The highest BCUT2D eigenvalue weighted by Gasteiger charge is 2.29. The van der Waals surface area contributed by atoms with E-state index in [1.54, 1.807) is 12.1 Å². The summed E-state index contributed by atoms with van der Waals surface area (Å²) in [5.74, 6) is -0.245. The van der Waals surface area contributed by atoms with Crippen molar-refractivity contribution in [1.29, 1.82) is 0 Å². The lowest BCUT2D eigenvalue weighted by Gasteiger charge is -2.26. The molecule has 1 heterocycles. The molecule has 1 aliphatic rings. The Morgan fingerprint density at radius 1 is 0.943 bits per heavy atom. The molecule has 0 unspecified atom stereocenters. The number of halogens is 1. The molecular weight excluding hydrogens is 480 g/mol. The average molecular weight is 505 g/mol. The van der Waals surface area contributed by atoms with Crippen molar-refractivity contribution in [2.45, 2.75) is 19.9 Å². The molecule has 0 radical (unpaired) electrons. The van der Waals surface area contributed by atoms with Crippen LogP contribution in [-0.2, 0) is 9.59 Å². The maximum Gasteiger partial charge on any atom is 0.255 e. The van der Waals surface area contributed by atoms with Gasteiger partial charge in [0.15, 0.2) is 5.17 Å². The number of para-hydroxylation sites is 1. The number of aliphatic imine (C=N–C) groups is 1. The number of allylic oxidation sites excluding steroid dienone is 1. The molecule has 4 rings (SSSR count). The molecule has 0 bridgehead atoms. The Balaban J connectivity index is 1.51. The molecule has 35 heavy (non-hydrogen) atoms. The van der Waals surface area contributed by atoms with Gasteiger partial charge in [0.2, 0.25) is 5.91 Å². The van der Waals surface area contributed by atoms with E-state index in [-0.39, 0.29) is 17.6 Å². The number of nitrogens with one attached hydrogen (secondary N) is 3. The minimum Gasteiger partial charge on any atom is -0.338 e. The number of carbonyl (C=O) groups excluding carboxylic acids is 2. The number of nitrogens with zero attached hydrogens (tertiary/aromatic N) is 1. The summed E-state index contributed by atoms with van der Waals surface area (Å²) in [6.07, 6.45) is 0. The third kappa shape index (κ3) is 6.12. The molecule has 0 saturated carbocycles. The van der Waals surface area contributed by atoms with Gasteiger partial charge in [-0.1, -0.05) is 78.0 Å². The first kappa shape index (κ1) is 24.6. The maximum absolute atomic E-state index is 13.2. The molecular formula is C27H25ClN4O2S. The predicted molar refractivity (Wildman–Crippen MR) is 145 cm³/mol. The van der Waals surface area contributed by atoms with Crippen LogP contribution in [0.4, 0.5) is 11.4 Å². The summed E-state index contributed by atoms with van der Waals surface area (Å²) in [6, 6.07) is 23.9. The lowest BCUT2D eigenvalue weighted by molar-refractivity contribution is -0.114. The first-order valence-electron chi connectivity index (χ1n) is 11.1. The molecule has 3 aromatic carbocycles. The summed E-state index contributed by atoms with van der Waals surface area (Å²) in [6.45, 7) is 3.71. The first-order chi connectivity index (χ1) is 16.9. The second-order valence-corrected chi connectivity index (χ2v) is 9.35. The van der Waals surface area contributed by atoms with Crippen molar-refractivity contribution in [3.63, 3.8) is 0 Å². The van der Waals surface area contributed by atoms with Crippen molar-refractivity contribution in [2.24, 2.45) is 4.99 Å². The van der Waals surface area contributed by atoms with Crippen molar-refractivity contribution >= 4 is 51.7 Å². The highest BCUT2D eigenvalue weighted by molar-refractivity contribution is 8.14. The molecule has 0 spiro atoms. The van der Waals surface area contributed by atoms with Crippen LogP contribution >= 0.6 is 23.4 Å². The number of hydrogen-bond donors (Lipinski definition) is 3. The van der Waals surface area contributed by atoms with Crippen molar-refractivity contribution in [3.8, 4) is 0 Å². The van der Waals surface area contributed by atoms with E-state index in [0.717, 1.165) is 11.1 Å². The summed E-state index contributed by atoms with van der Waals surface area (Å²) in [5, 5.41) is 10.2. The maximum atomic E-state index is 13.2. The number of thioether (sulfide) groups is 1. The molecule has 2 amide bonds. The lowest BCUT2D eigenvalue weighted by Crippen LogP contribution is -2.32. The Kier molecular flexibility index (Phi) is 7.90. The number of amidine groups is 1. The molecule has 1 aliphatic heterocycles. The van der Waals surface area contributed by atoms with Crippen LogP contribution in [0.1, 0.15) is 24.1 Å². The quantitative estimate of drug-likeness (QED) is 0.388. The van der Waals surface area contributed by atoms with Gasteiger partial charge < -0.3 is 16.0 Å². The van der Waals surface area contributed by atoms with Gasteiger partial charge in [-0.3, -0.25) is 9.59 Å². The van der Waals surface area contributed by atoms with Crippen molar-refractivity contribution in [3.05, 3.63) is 106 Å². The van der Waals surface area contributed by atoms with Gasteiger partial charge in [0.1, 0.15) is 6.04 Å². The topological polar surface area (TPSA) is 82.6 Å². The van der Waals surface area contributed by atoms with Gasteiger partial charge in [-0.2, -0.15) is 0 Å². The third-order valence-electron chi connectivity index (χ3n) is 5.49. The van der Waals surface area contributed by atoms with Crippen LogP contribution in [0.5, 0.6) is 0 Å². The number of amides is 2. The third-order valence-corrected chi connectivity index (χ3v) is 6.79. The Morgan fingerprint density at radius 2 is 1.63 bits per heavy atom. The normalized spacial score (nSPS) is 15.2. The predicted octanol–water partition coefficient (Wildman–Crippen LogP) is 5.93. The van der Waals surface area contributed by atoms with Gasteiger partial charge in [-0.25, -0.2) is 4.99 Å². The van der Waals surface area contributed by atoms with Gasteiger partial charge in [0.25, 0.3) is 5.91 Å². The molecule has 1 atom stereocenters. The molecule has 8 heteroatoms. The highest BCUT2D eigenvalue weighted by atomic mass is 35.5. The summed E-state index contributed by atoms with van der Waals surface area (Å²) in [4.78, 5) is 30.6. The second kappa shape index (κ2) is 11.3. The highest BCUT2D eigenvalue weighted by Crippen LogP contribution is 2.33. The van der Waals surface area contributed by atoms with Gasteiger partial charge >= 0.3 is 0 Å². The molecule has 0 fully saturated rings. The smallest absolute Gasteiger partial charge is 0.255 e. The zero-order valence-corrected chi connectivity index (χ0v) is 20.9. The number of rotatable bonds is 6. The van der Waals surface area contributed by atoms with E-state index >= 15 is 0 Å². The van der Waals surface area contributed by atoms with Crippen LogP contribution in [0.25, 0.3) is 0 Å². The molecule has 0 saturated heterocycles. The van der Waals surface area contributed by atoms with Gasteiger partial charge in [0, 0.05) is 22.1 Å². The number of benzene rings is 3. The van der Waals surface area contributed by atoms with E-state index in [1.165, 1.54) is 11.8 Å². The zero-order chi connectivity index (χ0) is 24.8. The summed E-state index contributed by atoms with van der Waals surface area (Å²) in [7, 11) is 0. The Hall–Kier alpha value is -3.55. The van der Waals surface area contributed by atoms with Crippen molar-refractivity contribution in [1.82, 2.24) is 5.32 Å². The van der Waals surface area contributed by atoms with E-state index in [1.807, 2.05) is 80.6 Å². The molecule has 3 aromatic rings. The van der Waals surface area contributed by atoms with E-state index in [4.69, 9.17) is 16.6 Å². The van der Waals surface area contributed by atoms with Crippen LogP contribution in [0.15, 0.2) is 95.1 Å². The van der Waals surface area contributed by atoms with Crippen LogP contribution in [0.2, 0.25) is 5.02 Å². The fourth-order valence-corrected chi connectivity index (χ4v) is 4.59. The molecule has 0 aliphatic carbocycles. The minimum atomic E-state index is -0.498. The van der Waals surface area contributed by atoms with Crippen molar-refractivity contribution < 1.29 is 9.59 Å². The first-order valence-corrected chi connectivity index (χ1v) is 12.4. The summed E-state index contributed by atoms with van der Waals surface area (Å²) < 4.78 is 0. The van der Waals surface area contributed by atoms with E-state index in [9.17, 15) is 9.59 Å². The van der Waals surface area contributed by atoms with E-state index < -0.39 is 6.04 Å². The summed E-state index contributed by atoms with van der Waals surface area (Å²) >= 11 is 7.44.